The average Bonchev–Trinajstić information content (AvgIpc) is 2.01. The summed E-state index contributed by atoms with van der Waals surface area (Å²) in [7, 11) is 0. The lowest BCUT2D eigenvalue weighted by Gasteiger charge is -1.98. The molecule has 0 atom stereocenters. The van der Waals surface area contributed by atoms with Crippen molar-refractivity contribution in [1.29, 1.82) is 0 Å². The fourth-order valence-corrected chi connectivity index (χ4v) is 1.03. The van der Waals surface area contributed by atoms with E-state index in [-0.39, 0.29) is 10.6 Å². The lowest BCUT2D eigenvalue weighted by atomic mass is 10.1. The van der Waals surface area contributed by atoms with Gasteiger partial charge in [-0.1, -0.05) is 11.6 Å². The van der Waals surface area contributed by atoms with E-state index in [4.69, 9.17) is 16.7 Å². The van der Waals surface area contributed by atoms with Crippen LogP contribution in [-0.2, 0) is 0 Å². The molecular weight excluding hydrogens is 183 g/mol. The number of hydrogen-bond acceptors (Lipinski definition) is 2. The van der Waals surface area contributed by atoms with Crippen LogP contribution in [0.5, 0.6) is 0 Å². The zero-order valence-corrected chi connectivity index (χ0v) is 6.81. The summed E-state index contributed by atoms with van der Waals surface area (Å²) in [5.74, 6) is -1.13. The number of Topliss-reactive ketones (excluding diaryl/α,β-unsaturated/α-hetero) is 1. The Labute approximate surface area is 73.6 Å². The van der Waals surface area contributed by atoms with Crippen molar-refractivity contribution in [3.05, 3.63) is 34.6 Å². The summed E-state index contributed by atoms with van der Waals surface area (Å²) >= 11 is 5.48. The first-order valence-corrected chi connectivity index (χ1v) is 3.61. The van der Waals surface area contributed by atoms with Gasteiger partial charge in [0.05, 0.1) is 0 Å². The van der Waals surface area contributed by atoms with Gasteiger partial charge in [0.15, 0.2) is 5.78 Å². The van der Waals surface area contributed by atoms with Gasteiger partial charge in [-0.15, -0.1) is 0 Å². The van der Waals surface area contributed by atoms with E-state index >= 15 is 0 Å². The number of halogens is 2. The number of aliphatic hydroxyl groups is 1. The molecule has 0 aliphatic rings. The lowest BCUT2D eigenvalue weighted by Crippen LogP contribution is -2.04. The van der Waals surface area contributed by atoms with Crippen LogP contribution >= 0.6 is 11.6 Å². The molecule has 0 aliphatic carbocycles. The molecule has 0 aliphatic heterocycles. The number of ketones is 1. The highest BCUT2D eigenvalue weighted by molar-refractivity contribution is 6.31. The van der Waals surface area contributed by atoms with E-state index in [0.717, 1.165) is 12.1 Å². The number of aliphatic hydroxyl groups excluding tert-OH is 1. The Morgan fingerprint density at radius 1 is 1.50 bits per heavy atom. The van der Waals surface area contributed by atoms with Gasteiger partial charge >= 0.3 is 0 Å². The second-order valence-electron chi connectivity index (χ2n) is 2.24. The molecule has 0 unspecified atom stereocenters. The molecule has 0 aromatic heterocycles. The maximum Gasteiger partial charge on any atom is 0.188 e. The fraction of sp³-hybridized carbons (Fsp3) is 0.125. The van der Waals surface area contributed by atoms with Crippen molar-refractivity contribution < 1.29 is 14.3 Å². The first-order chi connectivity index (χ1) is 5.63. The van der Waals surface area contributed by atoms with Crippen LogP contribution in [0.1, 0.15) is 10.4 Å². The molecule has 0 bridgehead atoms. The number of hydrogen-bond donors (Lipinski definition) is 1. The molecule has 1 aromatic carbocycles. The molecule has 1 rings (SSSR count). The van der Waals surface area contributed by atoms with Crippen molar-refractivity contribution in [2.75, 3.05) is 6.61 Å². The summed E-state index contributed by atoms with van der Waals surface area (Å²) < 4.78 is 12.6. The molecule has 0 heterocycles. The first kappa shape index (κ1) is 9.16. The van der Waals surface area contributed by atoms with E-state index in [2.05, 4.69) is 0 Å². The minimum absolute atomic E-state index is 0.0856. The normalized spacial score (nSPS) is 9.92. The van der Waals surface area contributed by atoms with Crippen molar-refractivity contribution in [1.82, 2.24) is 0 Å². The number of carbonyl (C=O) groups is 1. The highest BCUT2D eigenvalue weighted by Gasteiger charge is 2.06. The van der Waals surface area contributed by atoms with Crippen LogP contribution < -0.4 is 0 Å². The molecule has 2 nitrogen and oxygen atoms in total. The van der Waals surface area contributed by atoms with Gasteiger partial charge in [0, 0.05) is 10.6 Å². The zero-order chi connectivity index (χ0) is 9.14. The van der Waals surface area contributed by atoms with Crippen molar-refractivity contribution in [3.63, 3.8) is 0 Å². The molecule has 0 saturated carbocycles. The Balaban J connectivity index is 3.08. The predicted molar refractivity (Wildman–Crippen MR) is 42.8 cm³/mol. The Kier molecular flexibility index (Phi) is 2.78. The molecule has 0 saturated heterocycles. The van der Waals surface area contributed by atoms with Gasteiger partial charge in [0.25, 0.3) is 0 Å². The Morgan fingerprint density at radius 3 is 2.67 bits per heavy atom. The molecule has 0 amide bonds. The number of rotatable bonds is 2. The van der Waals surface area contributed by atoms with Crippen molar-refractivity contribution in [3.8, 4) is 0 Å². The molecule has 64 valence electrons. The monoisotopic (exact) mass is 188 g/mol. The summed E-state index contributed by atoms with van der Waals surface area (Å²) in [4.78, 5) is 10.8. The summed E-state index contributed by atoms with van der Waals surface area (Å²) in [5, 5.41) is 8.60. The van der Waals surface area contributed by atoms with Crippen LogP contribution in [0.15, 0.2) is 18.2 Å². The van der Waals surface area contributed by atoms with E-state index in [0.29, 0.717) is 0 Å². The fourth-order valence-electron chi connectivity index (χ4n) is 0.806. The van der Waals surface area contributed by atoms with Crippen LogP contribution in [0.4, 0.5) is 4.39 Å². The van der Waals surface area contributed by atoms with E-state index in [1.54, 1.807) is 0 Å². The summed E-state index contributed by atoms with van der Waals surface area (Å²) in [6.07, 6.45) is 0. The predicted octanol–water partition coefficient (Wildman–Crippen LogP) is 1.65. The van der Waals surface area contributed by atoms with Gasteiger partial charge < -0.3 is 5.11 Å². The van der Waals surface area contributed by atoms with Gasteiger partial charge in [-0.2, -0.15) is 0 Å². The maximum atomic E-state index is 12.6. The van der Waals surface area contributed by atoms with E-state index < -0.39 is 18.2 Å². The van der Waals surface area contributed by atoms with Crippen LogP contribution in [0.3, 0.4) is 0 Å². The van der Waals surface area contributed by atoms with Crippen LogP contribution in [0.25, 0.3) is 0 Å². The standard InChI is InChI=1S/C8H6ClFO2/c9-6-1-5(8(12)4-11)2-7(10)3-6/h1-3,11H,4H2. The molecule has 1 aromatic rings. The highest BCUT2D eigenvalue weighted by Crippen LogP contribution is 2.14. The first-order valence-electron chi connectivity index (χ1n) is 3.23. The van der Waals surface area contributed by atoms with Crippen molar-refractivity contribution >= 4 is 17.4 Å². The minimum Gasteiger partial charge on any atom is -0.388 e. The second-order valence-corrected chi connectivity index (χ2v) is 2.68. The van der Waals surface area contributed by atoms with Gasteiger partial charge in [-0.05, 0) is 18.2 Å². The zero-order valence-electron chi connectivity index (χ0n) is 6.05. The third-order valence-corrected chi connectivity index (χ3v) is 1.55. The third-order valence-electron chi connectivity index (χ3n) is 1.33. The molecule has 12 heavy (non-hydrogen) atoms. The second kappa shape index (κ2) is 3.65. The van der Waals surface area contributed by atoms with Crippen LogP contribution in [0, 0.1) is 5.82 Å². The number of carbonyl (C=O) groups excluding carboxylic acids is 1. The quantitative estimate of drug-likeness (QED) is 0.717. The van der Waals surface area contributed by atoms with Crippen LogP contribution in [-0.4, -0.2) is 17.5 Å². The van der Waals surface area contributed by atoms with Gasteiger partial charge in [0.2, 0.25) is 0 Å². The topological polar surface area (TPSA) is 37.3 Å². The van der Waals surface area contributed by atoms with E-state index in [9.17, 15) is 9.18 Å². The Bertz CT molecular complexity index is 292. The Morgan fingerprint density at radius 2 is 2.17 bits per heavy atom. The van der Waals surface area contributed by atoms with Crippen molar-refractivity contribution in [2.24, 2.45) is 0 Å². The molecule has 4 heteroatoms. The Hall–Kier alpha value is -0.930. The smallest absolute Gasteiger partial charge is 0.188 e. The minimum atomic E-state index is -0.639. The average molecular weight is 189 g/mol. The molecule has 1 N–H and O–H groups in total. The summed E-state index contributed by atoms with van der Waals surface area (Å²) in [6.45, 7) is -0.639. The molecule has 0 radical (unpaired) electrons. The third kappa shape index (κ3) is 2.03. The highest BCUT2D eigenvalue weighted by atomic mass is 35.5. The number of benzene rings is 1. The van der Waals surface area contributed by atoms with Crippen molar-refractivity contribution in [2.45, 2.75) is 0 Å². The van der Waals surface area contributed by atoms with E-state index in [1.165, 1.54) is 6.07 Å². The molecular formula is C8H6ClFO2. The van der Waals surface area contributed by atoms with Crippen LogP contribution in [0.2, 0.25) is 5.02 Å². The largest absolute Gasteiger partial charge is 0.388 e. The van der Waals surface area contributed by atoms with Gasteiger partial charge in [-0.3, -0.25) is 4.79 Å². The molecule has 0 spiro atoms. The molecule has 0 fully saturated rings. The SMILES string of the molecule is O=C(CO)c1cc(F)cc(Cl)c1. The van der Waals surface area contributed by atoms with Gasteiger partial charge in [-0.25, -0.2) is 4.39 Å². The summed E-state index contributed by atoms with van der Waals surface area (Å²) in [5.41, 5.74) is 0.0856. The van der Waals surface area contributed by atoms with E-state index in [1.807, 2.05) is 0 Å². The van der Waals surface area contributed by atoms with Gasteiger partial charge in [0.1, 0.15) is 12.4 Å². The summed E-state index contributed by atoms with van der Waals surface area (Å²) in [6, 6.07) is 3.43. The maximum absolute atomic E-state index is 12.6. The lowest BCUT2D eigenvalue weighted by molar-refractivity contribution is 0.0903.